The smallest absolute Gasteiger partial charge is 0.138 e. The first kappa shape index (κ1) is 11.5. The van der Waals surface area contributed by atoms with Crippen molar-refractivity contribution in [3.63, 3.8) is 0 Å². The van der Waals surface area contributed by atoms with E-state index >= 15 is 0 Å². The molecule has 0 spiro atoms. The Hall–Kier alpha value is -1.03. The Balaban J connectivity index is 1.99. The number of nitrogens with two attached hydrogens (primary N) is 1. The molecule has 0 radical (unpaired) electrons. The average Bonchev–Trinajstić information content (AvgIpc) is 2.76. The Morgan fingerprint density at radius 2 is 1.88 bits per heavy atom. The second kappa shape index (κ2) is 5.34. The van der Waals surface area contributed by atoms with E-state index in [-0.39, 0.29) is 0 Å². The van der Waals surface area contributed by atoms with Crippen molar-refractivity contribution in [2.45, 2.75) is 13.2 Å². The standard InChI is InChI=1S/C12H12ClNOS/c13-11-3-1-2-4-12(11)15-8-10-6-5-9(7-14)16-10/h1-6H,7-8,14H2. The van der Waals surface area contributed by atoms with E-state index in [0.29, 0.717) is 23.9 Å². The van der Waals surface area contributed by atoms with E-state index in [2.05, 4.69) is 0 Å². The summed E-state index contributed by atoms with van der Waals surface area (Å²) in [6, 6.07) is 11.5. The van der Waals surface area contributed by atoms with Crippen LogP contribution in [0.1, 0.15) is 9.75 Å². The van der Waals surface area contributed by atoms with Gasteiger partial charge in [0, 0.05) is 16.3 Å². The fraction of sp³-hybridized carbons (Fsp3) is 0.167. The third-order valence-corrected chi connectivity index (χ3v) is 3.52. The molecule has 2 aromatic rings. The Labute approximate surface area is 104 Å². The molecule has 2 N–H and O–H groups in total. The van der Waals surface area contributed by atoms with Crippen LogP contribution in [-0.2, 0) is 13.2 Å². The first-order chi connectivity index (χ1) is 7.79. The number of hydrogen-bond acceptors (Lipinski definition) is 3. The van der Waals surface area contributed by atoms with Crippen LogP contribution in [0.2, 0.25) is 5.02 Å². The van der Waals surface area contributed by atoms with Gasteiger partial charge in [-0.3, -0.25) is 0 Å². The highest BCUT2D eigenvalue weighted by molar-refractivity contribution is 7.11. The average molecular weight is 254 g/mol. The van der Waals surface area contributed by atoms with Gasteiger partial charge < -0.3 is 10.5 Å². The summed E-state index contributed by atoms with van der Waals surface area (Å²) in [7, 11) is 0. The summed E-state index contributed by atoms with van der Waals surface area (Å²) in [6.45, 7) is 1.12. The van der Waals surface area contributed by atoms with E-state index < -0.39 is 0 Å². The van der Waals surface area contributed by atoms with Crippen LogP contribution in [0, 0.1) is 0 Å². The molecule has 0 saturated heterocycles. The molecule has 0 bridgehead atoms. The highest BCUT2D eigenvalue weighted by Gasteiger charge is 2.02. The maximum Gasteiger partial charge on any atom is 0.138 e. The number of para-hydroxylation sites is 1. The zero-order valence-corrected chi connectivity index (χ0v) is 10.2. The first-order valence-corrected chi connectivity index (χ1v) is 6.14. The summed E-state index contributed by atoms with van der Waals surface area (Å²) in [5.41, 5.74) is 5.54. The molecule has 0 aliphatic rings. The Bertz CT molecular complexity index is 470. The third-order valence-electron chi connectivity index (χ3n) is 2.13. The maximum atomic E-state index is 5.98. The van der Waals surface area contributed by atoms with Crippen LogP contribution >= 0.6 is 22.9 Å². The zero-order valence-electron chi connectivity index (χ0n) is 8.65. The summed E-state index contributed by atoms with van der Waals surface area (Å²) in [6.07, 6.45) is 0. The highest BCUT2D eigenvalue weighted by Crippen LogP contribution is 2.25. The summed E-state index contributed by atoms with van der Waals surface area (Å²) in [4.78, 5) is 2.32. The van der Waals surface area contributed by atoms with Crippen molar-refractivity contribution >= 4 is 22.9 Å². The molecule has 84 valence electrons. The number of benzene rings is 1. The zero-order chi connectivity index (χ0) is 11.4. The maximum absolute atomic E-state index is 5.98. The third kappa shape index (κ3) is 2.76. The molecular weight excluding hydrogens is 242 g/mol. The largest absolute Gasteiger partial charge is 0.487 e. The summed E-state index contributed by atoms with van der Waals surface area (Å²) < 4.78 is 5.62. The van der Waals surface area contributed by atoms with E-state index in [4.69, 9.17) is 22.1 Å². The van der Waals surface area contributed by atoms with Crippen LogP contribution < -0.4 is 10.5 Å². The van der Waals surface area contributed by atoms with Crippen molar-refractivity contribution in [1.82, 2.24) is 0 Å². The fourth-order valence-corrected chi connectivity index (χ4v) is 2.32. The Kier molecular flexibility index (Phi) is 3.83. The molecule has 2 rings (SSSR count). The molecule has 2 nitrogen and oxygen atoms in total. The van der Waals surface area contributed by atoms with E-state index in [1.165, 1.54) is 0 Å². The van der Waals surface area contributed by atoms with Crippen LogP contribution in [0.25, 0.3) is 0 Å². The Morgan fingerprint density at radius 3 is 2.56 bits per heavy atom. The van der Waals surface area contributed by atoms with Gasteiger partial charge in [-0.25, -0.2) is 0 Å². The van der Waals surface area contributed by atoms with Gasteiger partial charge >= 0.3 is 0 Å². The molecule has 4 heteroatoms. The SMILES string of the molecule is NCc1ccc(COc2ccccc2Cl)s1. The van der Waals surface area contributed by atoms with Crippen molar-refractivity contribution in [3.05, 3.63) is 51.2 Å². The van der Waals surface area contributed by atoms with Gasteiger partial charge in [0.25, 0.3) is 0 Å². The van der Waals surface area contributed by atoms with E-state index in [1.807, 2.05) is 36.4 Å². The monoisotopic (exact) mass is 253 g/mol. The lowest BCUT2D eigenvalue weighted by atomic mass is 10.3. The van der Waals surface area contributed by atoms with E-state index in [1.54, 1.807) is 11.3 Å². The summed E-state index contributed by atoms with van der Waals surface area (Å²) >= 11 is 7.65. The number of hydrogen-bond donors (Lipinski definition) is 1. The molecule has 0 aliphatic carbocycles. The minimum Gasteiger partial charge on any atom is -0.487 e. The first-order valence-electron chi connectivity index (χ1n) is 4.94. The van der Waals surface area contributed by atoms with Crippen molar-refractivity contribution in [1.29, 1.82) is 0 Å². The minimum atomic E-state index is 0.536. The van der Waals surface area contributed by atoms with Gasteiger partial charge in [-0.15, -0.1) is 11.3 Å². The van der Waals surface area contributed by atoms with Crippen LogP contribution in [0.4, 0.5) is 0 Å². The molecule has 1 heterocycles. The topological polar surface area (TPSA) is 35.2 Å². The molecule has 0 aliphatic heterocycles. The van der Waals surface area contributed by atoms with Crippen LogP contribution in [-0.4, -0.2) is 0 Å². The van der Waals surface area contributed by atoms with Crippen LogP contribution in [0.15, 0.2) is 36.4 Å². The summed E-state index contributed by atoms with van der Waals surface area (Å²) in [5.74, 6) is 0.715. The van der Waals surface area contributed by atoms with Crippen molar-refractivity contribution in [3.8, 4) is 5.75 Å². The minimum absolute atomic E-state index is 0.536. The lowest BCUT2D eigenvalue weighted by Gasteiger charge is -2.05. The van der Waals surface area contributed by atoms with E-state index in [0.717, 1.165) is 9.75 Å². The van der Waals surface area contributed by atoms with Gasteiger partial charge in [0.05, 0.1) is 5.02 Å². The van der Waals surface area contributed by atoms with Crippen LogP contribution in [0.5, 0.6) is 5.75 Å². The number of thiophene rings is 1. The van der Waals surface area contributed by atoms with Gasteiger partial charge in [0.2, 0.25) is 0 Å². The predicted octanol–water partition coefficient (Wildman–Crippen LogP) is 3.44. The van der Waals surface area contributed by atoms with Gasteiger partial charge in [0.15, 0.2) is 0 Å². The molecule has 0 fully saturated rings. The molecule has 0 unspecified atom stereocenters. The van der Waals surface area contributed by atoms with Crippen molar-refractivity contribution in [2.75, 3.05) is 0 Å². The number of rotatable bonds is 4. The van der Waals surface area contributed by atoms with Gasteiger partial charge in [-0.2, -0.15) is 0 Å². The lowest BCUT2D eigenvalue weighted by molar-refractivity contribution is 0.310. The van der Waals surface area contributed by atoms with Crippen molar-refractivity contribution in [2.24, 2.45) is 5.73 Å². The predicted molar refractivity (Wildman–Crippen MR) is 68.0 cm³/mol. The van der Waals surface area contributed by atoms with Crippen molar-refractivity contribution < 1.29 is 4.74 Å². The molecule has 0 saturated carbocycles. The molecular formula is C12H12ClNOS. The fourth-order valence-electron chi connectivity index (χ4n) is 1.32. The van der Waals surface area contributed by atoms with Gasteiger partial charge in [-0.05, 0) is 24.3 Å². The van der Waals surface area contributed by atoms with Gasteiger partial charge in [0.1, 0.15) is 12.4 Å². The number of halogens is 1. The molecule has 0 amide bonds. The molecule has 0 atom stereocenters. The molecule has 1 aromatic carbocycles. The summed E-state index contributed by atoms with van der Waals surface area (Å²) in [5, 5.41) is 0.637. The number of ether oxygens (including phenoxy) is 1. The highest BCUT2D eigenvalue weighted by atomic mass is 35.5. The van der Waals surface area contributed by atoms with E-state index in [9.17, 15) is 0 Å². The van der Waals surface area contributed by atoms with Gasteiger partial charge in [-0.1, -0.05) is 23.7 Å². The Morgan fingerprint density at radius 1 is 1.12 bits per heavy atom. The second-order valence-corrected chi connectivity index (χ2v) is 4.95. The molecule has 16 heavy (non-hydrogen) atoms. The molecule has 1 aromatic heterocycles. The quantitative estimate of drug-likeness (QED) is 0.906. The lowest BCUT2D eigenvalue weighted by Crippen LogP contribution is -1.93. The normalized spacial score (nSPS) is 10.4. The second-order valence-electron chi connectivity index (χ2n) is 3.29. The van der Waals surface area contributed by atoms with Crippen LogP contribution in [0.3, 0.4) is 0 Å².